The standard InChI is InChI=1S/C17H23N5O/c1-13(21(2)17(23)20-15-5-3-4-6-15)14-7-9-16(10-8-14)22-12-18-11-19-22/h7-13,15H,3-6H2,1-2H3,(H,20,23). The van der Waals surface area contributed by atoms with Gasteiger partial charge in [-0.15, -0.1) is 0 Å². The minimum Gasteiger partial charge on any atom is -0.335 e. The van der Waals surface area contributed by atoms with Crippen molar-refractivity contribution >= 4 is 6.03 Å². The van der Waals surface area contributed by atoms with Crippen LogP contribution in [0.3, 0.4) is 0 Å². The van der Waals surface area contributed by atoms with Crippen molar-refractivity contribution in [3.05, 3.63) is 42.5 Å². The molecule has 6 heteroatoms. The molecule has 1 aliphatic rings. The summed E-state index contributed by atoms with van der Waals surface area (Å²) in [5, 5.41) is 7.24. The van der Waals surface area contributed by atoms with Crippen molar-refractivity contribution in [2.75, 3.05) is 7.05 Å². The predicted molar refractivity (Wildman–Crippen MR) is 88.3 cm³/mol. The van der Waals surface area contributed by atoms with Crippen LogP contribution in [-0.4, -0.2) is 38.8 Å². The zero-order chi connectivity index (χ0) is 16.2. The Morgan fingerprint density at radius 3 is 2.61 bits per heavy atom. The van der Waals surface area contributed by atoms with Crippen LogP contribution in [0.15, 0.2) is 36.9 Å². The van der Waals surface area contributed by atoms with Gasteiger partial charge in [0.25, 0.3) is 0 Å². The molecule has 1 atom stereocenters. The number of hydrogen-bond donors (Lipinski definition) is 1. The molecule has 1 saturated carbocycles. The second kappa shape index (κ2) is 6.81. The zero-order valence-electron chi connectivity index (χ0n) is 13.6. The smallest absolute Gasteiger partial charge is 0.317 e. The third kappa shape index (κ3) is 3.52. The van der Waals surface area contributed by atoms with Crippen LogP contribution in [0.5, 0.6) is 0 Å². The van der Waals surface area contributed by atoms with Crippen LogP contribution in [0, 0.1) is 0 Å². The van der Waals surface area contributed by atoms with Crippen molar-refractivity contribution in [1.82, 2.24) is 25.0 Å². The van der Waals surface area contributed by atoms with Gasteiger partial charge in [0.2, 0.25) is 0 Å². The van der Waals surface area contributed by atoms with E-state index in [-0.39, 0.29) is 12.1 Å². The fraction of sp³-hybridized carbons (Fsp3) is 0.471. The minimum absolute atomic E-state index is 0.00440. The summed E-state index contributed by atoms with van der Waals surface area (Å²) in [6.45, 7) is 2.04. The summed E-state index contributed by atoms with van der Waals surface area (Å²) in [4.78, 5) is 18.1. The van der Waals surface area contributed by atoms with Gasteiger partial charge in [-0.2, -0.15) is 5.10 Å². The molecule has 1 heterocycles. The number of hydrogen-bond acceptors (Lipinski definition) is 3. The number of rotatable bonds is 4. The summed E-state index contributed by atoms with van der Waals surface area (Å²) in [7, 11) is 1.85. The molecule has 0 saturated heterocycles. The number of carbonyl (C=O) groups is 1. The summed E-state index contributed by atoms with van der Waals surface area (Å²) in [6.07, 6.45) is 7.81. The van der Waals surface area contributed by atoms with Crippen LogP contribution in [-0.2, 0) is 0 Å². The molecule has 1 fully saturated rings. The van der Waals surface area contributed by atoms with Crippen molar-refractivity contribution in [2.24, 2.45) is 0 Å². The molecule has 23 heavy (non-hydrogen) atoms. The SMILES string of the molecule is CC(c1ccc(-n2cncn2)cc1)N(C)C(=O)NC1CCCC1. The number of aromatic nitrogens is 3. The van der Waals surface area contributed by atoms with Gasteiger partial charge in [0.05, 0.1) is 11.7 Å². The molecule has 0 radical (unpaired) electrons. The van der Waals surface area contributed by atoms with Crippen molar-refractivity contribution in [3.8, 4) is 5.69 Å². The maximum atomic E-state index is 12.4. The number of nitrogens with one attached hydrogen (secondary N) is 1. The molecule has 1 unspecified atom stereocenters. The van der Waals surface area contributed by atoms with Crippen LogP contribution in [0.1, 0.15) is 44.2 Å². The zero-order valence-corrected chi connectivity index (χ0v) is 13.6. The summed E-state index contributed by atoms with van der Waals surface area (Å²) < 4.78 is 1.71. The Morgan fingerprint density at radius 2 is 2.00 bits per heavy atom. The summed E-state index contributed by atoms with van der Waals surface area (Å²) in [6, 6.07) is 8.40. The monoisotopic (exact) mass is 313 g/mol. The van der Waals surface area contributed by atoms with Gasteiger partial charge in [-0.25, -0.2) is 14.5 Å². The van der Waals surface area contributed by atoms with Crippen molar-refractivity contribution < 1.29 is 4.79 Å². The molecule has 0 spiro atoms. The largest absolute Gasteiger partial charge is 0.335 e. The van der Waals surface area contributed by atoms with E-state index in [1.54, 1.807) is 15.9 Å². The van der Waals surface area contributed by atoms with E-state index >= 15 is 0 Å². The van der Waals surface area contributed by atoms with E-state index in [1.165, 1.54) is 19.2 Å². The van der Waals surface area contributed by atoms with Crippen LogP contribution in [0.2, 0.25) is 0 Å². The average molecular weight is 313 g/mol. The Morgan fingerprint density at radius 1 is 1.30 bits per heavy atom. The molecule has 2 amide bonds. The second-order valence-corrected chi connectivity index (χ2v) is 6.15. The second-order valence-electron chi connectivity index (χ2n) is 6.15. The van der Waals surface area contributed by atoms with E-state index in [4.69, 9.17) is 0 Å². The fourth-order valence-electron chi connectivity index (χ4n) is 2.99. The van der Waals surface area contributed by atoms with Crippen molar-refractivity contribution in [3.63, 3.8) is 0 Å². The lowest BCUT2D eigenvalue weighted by Crippen LogP contribution is -2.43. The predicted octanol–water partition coefficient (Wildman–Crippen LogP) is 2.91. The van der Waals surface area contributed by atoms with Crippen LogP contribution in [0.4, 0.5) is 4.79 Å². The van der Waals surface area contributed by atoms with Crippen molar-refractivity contribution in [1.29, 1.82) is 0 Å². The van der Waals surface area contributed by atoms with E-state index in [2.05, 4.69) is 15.4 Å². The first-order chi connectivity index (χ1) is 11.1. The van der Waals surface area contributed by atoms with Gasteiger partial charge in [0, 0.05) is 13.1 Å². The number of urea groups is 1. The molecule has 0 aliphatic heterocycles. The first-order valence-electron chi connectivity index (χ1n) is 8.13. The number of amides is 2. The number of benzene rings is 1. The fourth-order valence-corrected chi connectivity index (χ4v) is 2.99. The lowest BCUT2D eigenvalue weighted by atomic mass is 10.1. The molecule has 0 bridgehead atoms. The lowest BCUT2D eigenvalue weighted by Gasteiger charge is -2.27. The van der Waals surface area contributed by atoms with Gasteiger partial charge in [-0.1, -0.05) is 25.0 Å². The van der Waals surface area contributed by atoms with Gasteiger partial charge >= 0.3 is 6.03 Å². The van der Waals surface area contributed by atoms with Gasteiger partial charge < -0.3 is 10.2 Å². The molecule has 1 aromatic heterocycles. The van der Waals surface area contributed by atoms with E-state index < -0.39 is 0 Å². The Kier molecular flexibility index (Phi) is 4.60. The molecule has 3 rings (SSSR count). The lowest BCUT2D eigenvalue weighted by molar-refractivity contribution is 0.190. The molecule has 1 aliphatic carbocycles. The maximum Gasteiger partial charge on any atom is 0.317 e. The normalized spacial score (nSPS) is 16.3. The molecular formula is C17H23N5O. The summed E-state index contributed by atoms with van der Waals surface area (Å²) in [5.74, 6) is 0. The minimum atomic E-state index is 0.00440. The molecule has 1 N–H and O–H groups in total. The first kappa shape index (κ1) is 15.5. The van der Waals surface area contributed by atoms with Gasteiger partial charge in [0.1, 0.15) is 12.7 Å². The molecule has 1 aromatic carbocycles. The maximum absolute atomic E-state index is 12.4. The average Bonchev–Trinajstić information content (AvgIpc) is 3.27. The van der Waals surface area contributed by atoms with Crippen molar-refractivity contribution in [2.45, 2.75) is 44.7 Å². The Balaban J connectivity index is 1.64. The Hall–Kier alpha value is -2.37. The van der Waals surface area contributed by atoms with E-state index in [1.807, 2.05) is 38.2 Å². The molecular weight excluding hydrogens is 290 g/mol. The number of nitrogens with zero attached hydrogens (tertiary/aromatic N) is 4. The Labute approximate surface area is 136 Å². The highest BCUT2D eigenvalue weighted by Gasteiger charge is 2.22. The molecule has 122 valence electrons. The third-order valence-electron chi connectivity index (χ3n) is 4.64. The third-order valence-corrected chi connectivity index (χ3v) is 4.64. The van der Waals surface area contributed by atoms with E-state index in [0.717, 1.165) is 24.1 Å². The highest BCUT2D eigenvalue weighted by Crippen LogP contribution is 2.22. The van der Waals surface area contributed by atoms with Crippen LogP contribution < -0.4 is 5.32 Å². The van der Waals surface area contributed by atoms with E-state index in [9.17, 15) is 4.79 Å². The van der Waals surface area contributed by atoms with Crippen LogP contribution >= 0.6 is 0 Å². The van der Waals surface area contributed by atoms with Gasteiger partial charge in [0.15, 0.2) is 0 Å². The molecule has 6 nitrogen and oxygen atoms in total. The van der Waals surface area contributed by atoms with E-state index in [0.29, 0.717) is 6.04 Å². The first-order valence-corrected chi connectivity index (χ1v) is 8.13. The van der Waals surface area contributed by atoms with Gasteiger partial charge in [-0.3, -0.25) is 0 Å². The highest BCUT2D eigenvalue weighted by atomic mass is 16.2. The summed E-state index contributed by atoms with van der Waals surface area (Å²) in [5.41, 5.74) is 2.05. The Bertz CT molecular complexity index is 632. The topological polar surface area (TPSA) is 63.1 Å². The number of carbonyl (C=O) groups excluding carboxylic acids is 1. The highest BCUT2D eigenvalue weighted by molar-refractivity contribution is 5.74. The van der Waals surface area contributed by atoms with Crippen LogP contribution in [0.25, 0.3) is 5.69 Å². The quantitative estimate of drug-likeness (QED) is 0.944. The summed E-state index contributed by atoms with van der Waals surface area (Å²) >= 11 is 0. The van der Waals surface area contributed by atoms with Gasteiger partial charge in [-0.05, 0) is 37.5 Å². The molecule has 2 aromatic rings.